The smallest absolute Gasteiger partial charge is 0.160 e. The van der Waals surface area contributed by atoms with E-state index in [1.807, 2.05) is 6.92 Å². The summed E-state index contributed by atoms with van der Waals surface area (Å²) in [5, 5.41) is 3.40. The molecule has 0 bridgehead atoms. The molecule has 4 atom stereocenters. The van der Waals surface area contributed by atoms with Gasteiger partial charge in [0.25, 0.3) is 0 Å². The molecule has 0 rings (SSSR count). The van der Waals surface area contributed by atoms with E-state index < -0.39 is 0 Å². The van der Waals surface area contributed by atoms with Crippen LogP contribution in [0.5, 0.6) is 0 Å². The second-order valence-corrected chi connectivity index (χ2v) is 6.80. The molecule has 0 aliphatic heterocycles. The summed E-state index contributed by atoms with van der Waals surface area (Å²) in [7, 11) is 0. The minimum Gasteiger partial charge on any atom is -0.397 e. The Morgan fingerprint density at radius 3 is 2.05 bits per heavy atom. The lowest BCUT2D eigenvalue weighted by Gasteiger charge is -2.34. The molecule has 4 unspecified atom stereocenters. The van der Waals surface area contributed by atoms with E-state index in [1.165, 1.54) is 19.2 Å². The van der Waals surface area contributed by atoms with Gasteiger partial charge in [-0.1, -0.05) is 67.2 Å². The van der Waals surface area contributed by atoms with E-state index >= 15 is 0 Å². The van der Waals surface area contributed by atoms with E-state index in [2.05, 4.69) is 53.3 Å². The molecular formula is C17H36BN. The number of hydrogen-bond donors (Lipinski definition) is 1. The van der Waals surface area contributed by atoms with Crippen LogP contribution in [0.3, 0.4) is 0 Å². The van der Waals surface area contributed by atoms with E-state index in [0.717, 1.165) is 42.5 Å². The van der Waals surface area contributed by atoms with Crippen LogP contribution in [0.1, 0.15) is 54.4 Å². The normalized spacial score (nSPS) is 17.4. The summed E-state index contributed by atoms with van der Waals surface area (Å²) in [6.07, 6.45) is 4.99. The Hall–Kier alpha value is -0.395. The minimum absolute atomic E-state index is 0.724. The summed E-state index contributed by atoms with van der Waals surface area (Å²) in [5.41, 5.74) is 1.09. The van der Waals surface area contributed by atoms with Gasteiger partial charge in [-0.15, -0.1) is 0 Å². The van der Waals surface area contributed by atoms with E-state index in [1.54, 1.807) is 0 Å². The molecule has 0 amide bonds. The highest BCUT2D eigenvalue weighted by atomic mass is 14.8. The van der Waals surface area contributed by atoms with Crippen molar-refractivity contribution in [3.8, 4) is 0 Å². The second-order valence-electron chi connectivity index (χ2n) is 6.80. The lowest BCUT2D eigenvalue weighted by molar-refractivity contribution is 0.204. The fourth-order valence-corrected chi connectivity index (χ4v) is 2.96. The molecule has 0 radical (unpaired) electrons. The summed E-state index contributed by atoms with van der Waals surface area (Å²) >= 11 is 0. The summed E-state index contributed by atoms with van der Waals surface area (Å²) < 4.78 is 0. The lowest BCUT2D eigenvalue weighted by atomic mass is 9.45. The van der Waals surface area contributed by atoms with Gasteiger partial charge >= 0.3 is 0 Å². The van der Waals surface area contributed by atoms with Crippen molar-refractivity contribution in [3.05, 3.63) is 12.3 Å². The second kappa shape index (κ2) is 9.50. The molecule has 0 aliphatic rings. The molecule has 2 heteroatoms. The van der Waals surface area contributed by atoms with Gasteiger partial charge in [-0.25, -0.2) is 0 Å². The zero-order valence-electron chi connectivity index (χ0n) is 14.4. The average Bonchev–Trinajstić information content (AvgIpc) is 2.39. The van der Waals surface area contributed by atoms with Crippen molar-refractivity contribution in [3.63, 3.8) is 0 Å². The lowest BCUT2D eigenvalue weighted by Crippen LogP contribution is -2.33. The maximum absolute atomic E-state index is 3.92. The molecule has 1 N–H and O–H groups in total. The SMILES string of the molecule is C=C(C)NCB(C)CC(C(C)CC)C(C)C(C)CC. The fraction of sp³-hybridized carbons (Fsp3) is 0.882. The highest BCUT2D eigenvalue weighted by molar-refractivity contribution is 6.57. The predicted molar refractivity (Wildman–Crippen MR) is 90.8 cm³/mol. The highest BCUT2D eigenvalue weighted by Crippen LogP contribution is 2.34. The Kier molecular flexibility index (Phi) is 9.30. The van der Waals surface area contributed by atoms with Gasteiger partial charge in [0.2, 0.25) is 0 Å². The van der Waals surface area contributed by atoms with Crippen LogP contribution in [0, 0.1) is 23.7 Å². The van der Waals surface area contributed by atoms with Crippen LogP contribution in [0.25, 0.3) is 0 Å². The van der Waals surface area contributed by atoms with Gasteiger partial charge in [-0.2, -0.15) is 0 Å². The van der Waals surface area contributed by atoms with Crippen molar-refractivity contribution in [1.82, 2.24) is 5.32 Å². The van der Waals surface area contributed by atoms with Gasteiger partial charge in [0, 0.05) is 0 Å². The molecule has 0 aromatic rings. The molecule has 1 nitrogen and oxygen atoms in total. The number of hydrogen-bond acceptors (Lipinski definition) is 1. The number of rotatable bonds is 10. The molecule has 19 heavy (non-hydrogen) atoms. The van der Waals surface area contributed by atoms with Crippen molar-refractivity contribution in [2.24, 2.45) is 23.7 Å². The molecule has 0 aromatic carbocycles. The molecular weight excluding hydrogens is 229 g/mol. The Labute approximate surface area is 122 Å². The van der Waals surface area contributed by atoms with Crippen LogP contribution in [0.4, 0.5) is 0 Å². The number of allylic oxidation sites excluding steroid dienone is 1. The van der Waals surface area contributed by atoms with Gasteiger partial charge < -0.3 is 5.32 Å². The predicted octanol–water partition coefficient (Wildman–Crippen LogP) is 5.12. The fourth-order valence-electron chi connectivity index (χ4n) is 2.96. The van der Waals surface area contributed by atoms with Crippen molar-refractivity contribution in [2.45, 2.75) is 67.5 Å². The van der Waals surface area contributed by atoms with Gasteiger partial charge in [0.15, 0.2) is 6.71 Å². The van der Waals surface area contributed by atoms with E-state index in [4.69, 9.17) is 0 Å². The third kappa shape index (κ3) is 7.08. The van der Waals surface area contributed by atoms with Crippen LogP contribution in [-0.4, -0.2) is 13.2 Å². The summed E-state index contributed by atoms with van der Waals surface area (Å²) in [6, 6.07) is 0. The first-order valence-corrected chi connectivity index (χ1v) is 8.22. The quantitative estimate of drug-likeness (QED) is 0.541. The van der Waals surface area contributed by atoms with Crippen LogP contribution in [-0.2, 0) is 0 Å². The van der Waals surface area contributed by atoms with Gasteiger partial charge in [-0.05, 0) is 42.7 Å². The first-order valence-electron chi connectivity index (χ1n) is 8.22. The van der Waals surface area contributed by atoms with E-state index in [9.17, 15) is 0 Å². The van der Waals surface area contributed by atoms with Crippen LogP contribution in [0.15, 0.2) is 12.3 Å². The molecule has 0 saturated carbocycles. The summed E-state index contributed by atoms with van der Waals surface area (Å²) in [4.78, 5) is 0. The molecule has 0 heterocycles. The van der Waals surface area contributed by atoms with Gasteiger partial charge in [0.1, 0.15) is 0 Å². The summed E-state index contributed by atoms with van der Waals surface area (Å²) in [5.74, 6) is 3.34. The van der Waals surface area contributed by atoms with Crippen molar-refractivity contribution in [1.29, 1.82) is 0 Å². The Balaban J connectivity index is 4.54. The van der Waals surface area contributed by atoms with E-state index in [-0.39, 0.29) is 0 Å². The van der Waals surface area contributed by atoms with Crippen LogP contribution < -0.4 is 5.32 Å². The Morgan fingerprint density at radius 1 is 1.11 bits per heavy atom. The average molecular weight is 265 g/mol. The maximum atomic E-state index is 3.92. The van der Waals surface area contributed by atoms with Gasteiger partial charge in [-0.3, -0.25) is 0 Å². The van der Waals surface area contributed by atoms with Crippen molar-refractivity contribution in [2.75, 3.05) is 6.44 Å². The highest BCUT2D eigenvalue weighted by Gasteiger charge is 2.28. The molecule has 0 fully saturated rings. The topological polar surface area (TPSA) is 12.0 Å². The third-order valence-corrected chi connectivity index (χ3v) is 5.02. The largest absolute Gasteiger partial charge is 0.397 e. The van der Waals surface area contributed by atoms with Crippen LogP contribution >= 0.6 is 0 Å². The Morgan fingerprint density at radius 2 is 1.63 bits per heavy atom. The first kappa shape index (κ1) is 18.6. The number of nitrogens with one attached hydrogen (secondary N) is 1. The third-order valence-electron chi connectivity index (χ3n) is 5.02. The Bertz CT molecular complexity index is 252. The monoisotopic (exact) mass is 265 g/mol. The van der Waals surface area contributed by atoms with E-state index in [0.29, 0.717) is 0 Å². The van der Waals surface area contributed by atoms with Gasteiger partial charge in [0.05, 0.1) is 0 Å². The van der Waals surface area contributed by atoms with Crippen molar-refractivity contribution >= 4 is 6.71 Å². The zero-order chi connectivity index (χ0) is 15.0. The molecule has 0 spiro atoms. The molecule has 112 valence electrons. The molecule has 0 aliphatic carbocycles. The minimum atomic E-state index is 0.724. The first-order chi connectivity index (χ1) is 8.83. The summed E-state index contributed by atoms with van der Waals surface area (Å²) in [6.45, 7) is 21.0. The standard InChI is InChI=1S/C17H36BN/c1-9-14(5)16(7)17(15(6)10-2)11-18(8)12-19-13(3)4/h14-17,19H,3,9-12H2,1-2,4-8H3. The molecule has 0 saturated heterocycles. The zero-order valence-corrected chi connectivity index (χ0v) is 14.4. The van der Waals surface area contributed by atoms with Crippen LogP contribution in [0.2, 0.25) is 13.1 Å². The maximum Gasteiger partial charge on any atom is 0.160 e. The van der Waals surface area contributed by atoms with Crippen molar-refractivity contribution < 1.29 is 0 Å². The molecule has 0 aromatic heterocycles.